The van der Waals surface area contributed by atoms with Gasteiger partial charge in [0.15, 0.2) is 0 Å². The van der Waals surface area contributed by atoms with E-state index in [-0.39, 0.29) is 11.8 Å². The average molecular weight is 322 g/mol. The van der Waals surface area contributed by atoms with Gasteiger partial charge in [-0.05, 0) is 19.1 Å². The molecule has 0 radical (unpaired) electrons. The third-order valence-electron chi connectivity index (χ3n) is 4.75. The van der Waals surface area contributed by atoms with Crippen molar-refractivity contribution in [2.45, 2.75) is 33.4 Å². The average Bonchev–Trinajstić information content (AvgIpc) is 3.13. The predicted octanol–water partition coefficient (Wildman–Crippen LogP) is 2.28. The number of hydrogen-bond donors (Lipinski definition) is 1. The highest BCUT2D eigenvalue weighted by molar-refractivity contribution is 7.11. The molecular formula is C17H26N2O2S. The zero-order valence-electron chi connectivity index (χ0n) is 13.7. The topological polar surface area (TPSA) is 41.6 Å². The smallest absolute Gasteiger partial charge is 0.222 e. The quantitative estimate of drug-likeness (QED) is 0.904. The second-order valence-electron chi connectivity index (χ2n) is 6.90. The molecule has 2 aliphatic heterocycles. The van der Waals surface area contributed by atoms with Gasteiger partial charge in [0.25, 0.3) is 0 Å². The number of hydrogen-bond acceptors (Lipinski definition) is 4. The molecule has 1 amide bonds. The Bertz CT molecular complexity index is 528. The van der Waals surface area contributed by atoms with Crippen LogP contribution in [0.3, 0.4) is 0 Å². The van der Waals surface area contributed by atoms with Gasteiger partial charge in [0.05, 0.1) is 12.7 Å². The number of nitrogens with zero attached hydrogens (tertiary/aromatic N) is 1. The van der Waals surface area contributed by atoms with Crippen LogP contribution in [0.2, 0.25) is 0 Å². The summed E-state index contributed by atoms with van der Waals surface area (Å²) >= 11 is 1.88. The van der Waals surface area contributed by atoms with Gasteiger partial charge in [0, 0.05) is 53.7 Å². The van der Waals surface area contributed by atoms with Crippen molar-refractivity contribution < 1.29 is 9.53 Å². The number of nitrogens with one attached hydrogen (secondary N) is 1. The van der Waals surface area contributed by atoms with Gasteiger partial charge < -0.3 is 10.1 Å². The van der Waals surface area contributed by atoms with Crippen LogP contribution >= 0.6 is 11.3 Å². The van der Waals surface area contributed by atoms with Gasteiger partial charge in [-0.1, -0.05) is 13.8 Å². The van der Waals surface area contributed by atoms with E-state index in [0.29, 0.717) is 17.9 Å². The Hall–Kier alpha value is -0.910. The minimum absolute atomic E-state index is 0.0558. The Morgan fingerprint density at radius 1 is 1.45 bits per heavy atom. The summed E-state index contributed by atoms with van der Waals surface area (Å²) in [6.45, 7) is 10.7. The minimum Gasteiger partial charge on any atom is -0.376 e. The number of thiophene rings is 1. The number of rotatable bonds is 5. The molecule has 2 aliphatic rings. The van der Waals surface area contributed by atoms with Crippen LogP contribution in [0.5, 0.6) is 0 Å². The van der Waals surface area contributed by atoms with E-state index in [4.69, 9.17) is 4.74 Å². The van der Waals surface area contributed by atoms with Gasteiger partial charge in [0.1, 0.15) is 0 Å². The summed E-state index contributed by atoms with van der Waals surface area (Å²) in [6, 6.07) is 4.42. The van der Waals surface area contributed by atoms with E-state index in [1.165, 1.54) is 9.75 Å². The van der Waals surface area contributed by atoms with Crippen LogP contribution < -0.4 is 5.32 Å². The number of carbonyl (C=O) groups is 1. The minimum atomic E-state index is 0.0558. The fourth-order valence-corrected chi connectivity index (χ4v) is 4.38. The van der Waals surface area contributed by atoms with Crippen LogP contribution in [-0.4, -0.2) is 43.2 Å². The summed E-state index contributed by atoms with van der Waals surface area (Å²) < 4.78 is 5.97. The van der Waals surface area contributed by atoms with E-state index in [9.17, 15) is 4.79 Å². The van der Waals surface area contributed by atoms with Gasteiger partial charge in [-0.3, -0.25) is 9.69 Å². The zero-order valence-corrected chi connectivity index (χ0v) is 14.5. The van der Waals surface area contributed by atoms with Crippen molar-refractivity contribution in [3.63, 3.8) is 0 Å². The molecule has 1 aromatic rings. The van der Waals surface area contributed by atoms with Crippen LogP contribution in [-0.2, 0) is 16.1 Å². The molecule has 0 saturated carbocycles. The lowest BCUT2D eigenvalue weighted by Crippen LogP contribution is -2.36. The maximum Gasteiger partial charge on any atom is 0.222 e. The lowest BCUT2D eigenvalue weighted by atomic mass is 9.93. The van der Waals surface area contributed by atoms with E-state index in [1.54, 1.807) is 0 Å². The SMILES string of the molecule is Cc1ccc(CN2C[C@@H]3[C@H](CNC(=O)C(C)C)CO[C@@H]3C2)s1. The first-order valence-electron chi connectivity index (χ1n) is 8.20. The first kappa shape index (κ1) is 16.0. The Labute approximate surface area is 136 Å². The first-order chi connectivity index (χ1) is 10.5. The van der Waals surface area contributed by atoms with E-state index in [0.717, 1.165) is 32.8 Å². The molecule has 2 fully saturated rings. The second-order valence-corrected chi connectivity index (χ2v) is 8.27. The summed E-state index contributed by atoms with van der Waals surface area (Å²) in [4.78, 5) is 17.0. The van der Waals surface area contributed by atoms with E-state index < -0.39 is 0 Å². The van der Waals surface area contributed by atoms with Crippen molar-refractivity contribution >= 4 is 17.2 Å². The molecule has 1 N–H and O–H groups in total. The van der Waals surface area contributed by atoms with Gasteiger partial charge in [-0.15, -0.1) is 11.3 Å². The summed E-state index contributed by atoms with van der Waals surface area (Å²) in [5, 5.41) is 3.07. The summed E-state index contributed by atoms with van der Waals surface area (Å²) in [5.41, 5.74) is 0. The molecule has 0 bridgehead atoms. The van der Waals surface area contributed by atoms with Crippen molar-refractivity contribution in [2.24, 2.45) is 17.8 Å². The molecule has 1 aromatic heterocycles. The highest BCUT2D eigenvalue weighted by Gasteiger charge is 2.43. The number of carbonyl (C=O) groups excluding carboxylic acids is 1. The molecule has 22 heavy (non-hydrogen) atoms. The Morgan fingerprint density at radius 3 is 2.95 bits per heavy atom. The lowest BCUT2D eigenvalue weighted by Gasteiger charge is -2.20. The maximum absolute atomic E-state index is 11.7. The van der Waals surface area contributed by atoms with Crippen LogP contribution in [0.25, 0.3) is 0 Å². The molecule has 3 atom stereocenters. The normalized spacial score (nSPS) is 28.3. The largest absolute Gasteiger partial charge is 0.376 e. The number of amides is 1. The van der Waals surface area contributed by atoms with Crippen LogP contribution in [0.4, 0.5) is 0 Å². The van der Waals surface area contributed by atoms with Crippen LogP contribution in [0.15, 0.2) is 12.1 Å². The third kappa shape index (κ3) is 3.53. The number of ether oxygens (including phenoxy) is 1. The Balaban J connectivity index is 1.51. The van der Waals surface area contributed by atoms with E-state index in [2.05, 4.69) is 29.3 Å². The molecular weight excluding hydrogens is 296 g/mol. The summed E-state index contributed by atoms with van der Waals surface area (Å²) in [6.07, 6.45) is 0.349. The standard InChI is InChI=1S/C17H26N2O2S/c1-11(2)17(20)18-6-13-10-21-16-9-19(8-15(13)16)7-14-5-4-12(3)22-14/h4-5,11,13,15-16H,6-10H2,1-3H3,(H,18,20)/t13-,15-,16-/m1/s1. The number of aryl methyl sites for hydroxylation is 1. The summed E-state index contributed by atoms with van der Waals surface area (Å²) in [7, 11) is 0. The Kier molecular flexibility index (Phi) is 4.85. The van der Waals surface area contributed by atoms with Gasteiger partial charge >= 0.3 is 0 Å². The molecule has 0 unspecified atom stereocenters. The van der Waals surface area contributed by atoms with Crippen LogP contribution in [0.1, 0.15) is 23.6 Å². The van der Waals surface area contributed by atoms with Crippen molar-refractivity contribution in [1.29, 1.82) is 0 Å². The molecule has 0 spiro atoms. The Morgan fingerprint density at radius 2 is 2.27 bits per heavy atom. The van der Waals surface area contributed by atoms with Gasteiger partial charge in [0.2, 0.25) is 5.91 Å². The molecule has 4 nitrogen and oxygen atoms in total. The molecule has 3 heterocycles. The van der Waals surface area contributed by atoms with Crippen molar-refractivity contribution in [3.05, 3.63) is 21.9 Å². The lowest BCUT2D eigenvalue weighted by molar-refractivity contribution is -0.124. The first-order valence-corrected chi connectivity index (χ1v) is 9.01. The van der Waals surface area contributed by atoms with Crippen molar-refractivity contribution in [3.8, 4) is 0 Å². The molecule has 122 valence electrons. The predicted molar refractivity (Wildman–Crippen MR) is 88.9 cm³/mol. The summed E-state index contributed by atoms with van der Waals surface area (Å²) in [5.74, 6) is 1.23. The second kappa shape index (κ2) is 6.69. The molecule has 0 aromatic carbocycles. The fourth-order valence-electron chi connectivity index (χ4n) is 3.45. The number of fused-ring (bicyclic) bond motifs is 1. The third-order valence-corrected chi connectivity index (χ3v) is 5.74. The molecule has 0 aliphatic carbocycles. The van der Waals surface area contributed by atoms with E-state index in [1.807, 2.05) is 25.2 Å². The molecule has 2 saturated heterocycles. The van der Waals surface area contributed by atoms with E-state index >= 15 is 0 Å². The van der Waals surface area contributed by atoms with Crippen LogP contribution in [0, 0.1) is 24.7 Å². The number of likely N-dealkylation sites (tertiary alicyclic amines) is 1. The van der Waals surface area contributed by atoms with Crippen molar-refractivity contribution in [1.82, 2.24) is 10.2 Å². The highest BCUT2D eigenvalue weighted by atomic mass is 32.1. The molecule has 5 heteroatoms. The van der Waals surface area contributed by atoms with Gasteiger partial charge in [-0.2, -0.15) is 0 Å². The molecule has 3 rings (SSSR count). The van der Waals surface area contributed by atoms with Gasteiger partial charge in [-0.25, -0.2) is 0 Å². The monoisotopic (exact) mass is 322 g/mol. The maximum atomic E-state index is 11.7. The highest BCUT2D eigenvalue weighted by Crippen LogP contribution is 2.34. The van der Waals surface area contributed by atoms with Crippen molar-refractivity contribution in [2.75, 3.05) is 26.2 Å². The fraction of sp³-hybridized carbons (Fsp3) is 0.706. The zero-order chi connectivity index (χ0) is 15.7.